The molecule has 0 N–H and O–H groups in total. The van der Waals surface area contributed by atoms with E-state index in [4.69, 9.17) is 2.56 Å². The Hall–Kier alpha value is -4.39. The summed E-state index contributed by atoms with van der Waals surface area (Å²) >= 11 is 0. The Labute approximate surface area is 250 Å². The van der Waals surface area contributed by atoms with Crippen molar-refractivity contribution in [2.45, 2.75) is 26.7 Å². The highest BCUT2D eigenvalue weighted by molar-refractivity contribution is 6.92. The van der Waals surface area contributed by atoms with E-state index in [9.17, 15) is 0 Å². The molecule has 6 rings (SSSR count). The number of benzene rings is 5. The molecule has 5 aromatic rings. The average Bonchev–Trinajstić information content (AvgIpc) is 3.04. The Balaban J connectivity index is 0.00000118. The Kier molecular flexibility index (Phi) is 8.02. The third-order valence-electron chi connectivity index (χ3n) is 7.46. The minimum absolute atomic E-state index is 0.417. The van der Waals surface area contributed by atoms with Crippen LogP contribution >= 0.6 is 9.79 Å². The summed E-state index contributed by atoms with van der Waals surface area (Å²) in [5.41, 5.74) is 12.3. The first-order valence-electron chi connectivity index (χ1n) is 15.0. The van der Waals surface area contributed by atoms with Crippen molar-refractivity contribution < 1.29 is 0 Å². The van der Waals surface area contributed by atoms with E-state index in [1.165, 1.54) is 45.0 Å². The number of rotatable bonds is 7. The Morgan fingerprint density at radius 3 is 1.56 bits per heavy atom. The highest BCUT2D eigenvalue weighted by Crippen LogP contribution is 2.38. The van der Waals surface area contributed by atoms with Crippen LogP contribution in [0.1, 0.15) is 29.5 Å². The maximum atomic E-state index is 5.90. The lowest BCUT2D eigenvalue weighted by Gasteiger charge is -2.30. The van der Waals surface area contributed by atoms with E-state index < -0.39 is 9.79 Å². The highest BCUT2D eigenvalue weighted by atomic mass is 31.0. The standard InChI is InChI=1S/C38H34N2.H3P/c1-29-11-9-17-37(27-29)39(33-13-5-3-6-14-33)35-23-19-31(20-24-35)32-21-25-36(26-22-32)40(34-15-7-4-8-16-34)38-18-10-12-30(2)28-38;/h3-21,23-25,27-28H,22,26H2,1-2H3;1H3/i;1TD. The van der Waals surface area contributed by atoms with E-state index in [1.54, 1.807) is 0 Å². The van der Waals surface area contributed by atoms with Gasteiger partial charge in [0.15, 0.2) is 0 Å². The summed E-state index contributed by atoms with van der Waals surface area (Å²) in [5, 5.41) is 0. The van der Waals surface area contributed by atoms with Crippen LogP contribution in [-0.4, -0.2) is 2.56 Å². The molecule has 2 nitrogen and oxygen atoms in total. The molecule has 0 saturated carbocycles. The second-order valence-corrected chi connectivity index (χ2v) is 10.4. The highest BCUT2D eigenvalue weighted by Gasteiger charge is 2.18. The molecule has 0 saturated heterocycles. The number of para-hydroxylation sites is 2. The lowest BCUT2D eigenvalue weighted by atomic mass is 9.94. The van der Waals surface area contributed by atoms with Gasteiger partial charge < -0.3 is 9.80 Å². The molecule has 0 fully saturated rings. The van der Waals surface area contributed by atoms with Crippen LogP contribution in [0.4, 0.5) is 28.4 Å². The first-order chi connectivity index (χ1) is 21.1. The Morgan fingerprint density at radius 2 is 1.05 bits per heavy atom. The third kappa shape index (κ3) is 6.35. The van der Waals surface area contributed by atoms with Crippen molar-refractivity contribution in [2.75, 3.05) is 9.80 Å². The number of anilines is 5. The number of allylic oxidation sites excluding steroid dienone is 4. The van der Waals surface area contributed by atoms with Crippen molar-refractivity contribution >= 4 is 43.8 Å². The fourth-order valence-corrected chi connectivity index (χ4v) is 5.49. The Bertz CT molecular complexity index is 1680. The van der Waals surface area contributed by atoms with Crippen molar-refractivity contribution in [2.24, 2.45) is 0 Å². The number of hydrogen-bond acceptors (Lipinski definition) is 2. The number of nitrogens with zero attached hydrogens (tertiary/aromatic N) is 2. The van der Waals surface area contributed by atoms with Gasteiger partial charge in [-0.1, -0.05) is 78.9 Å². The maximum absolute atomic E-state index is 5.90. The van der Waals surface area contributed by atoms with E-state index in [2.05, 4.69) is 169 Å². The molecule has 1 aliphatic carbocycles. The predicted octanol–water partition coefficient (Wildman–Crippen LogP) is 10.7. The summed E-state index contributed by atoms with van der Waals surface area (Å²) in [6.45, 7) is 4.30. The van der Waals surface area contributed by atoms with Crippen molar-refractivity contribution in [1.29, 1.82) is 2.56 Å². The SMILES string of the molecule is Cc1cccc(N(C2=CC=C(c3ccc(N(c4ccccc4)c4cccc(C)c4)cc3)CC2)c2ccccc2)c1.[2H]P[3H]. The van der Waals surface area contributed by atoms with E-state index >= 15 is 0 Å². The van der Waals surface area contributed by atoms with Gasteiger partial charge in [-0.3, -0.25) is 0 Å². The van der Waals surface area contributed by atoms with E-state index in [-0.39, 0.29) is 0 Å². The Morgan fingerprint density at radius 1 is 0.561 bits per heavy atom. The van der Waals surface area contributed by atoms with Gasteiger partial charge in [0.2, 0.25) is 0 Å². The third-order valence-corrected chi connectivity index (χ3v) is 7.46. The molecular weight excluding hydrogens is 515 g/mol. The van der Waals surface area contributed by atoms with Crippen LogP contribution in [0.2, 0.25) is 0 Å². The van der Waals surface area contributed by atoms with Gasteiger partial charge in [-0.15, -0.1) is 0 Å². The predicted molar refractivity (Wildman–Crippen MR) is 182 cm³/mol. The molecule has 1 unspecified atom stereocenters. The summed E-state index contributed by atoms with van der Waals surface area (Å²) in [6.07, 6.45) is 6.58. The van der Waals surface area contributed by atoms with Crippen LogP contribution in [0.5, 0.6) is 0 Å². The number of hydrogen-bond donors (Lipinski definition) is 0. The minimum Gasteiger partial charge on any atom is -0.314 e. The summed E-state index contributed by atoms with van der Waals surface area (Å²) in [6, 6.07) is 47.7. The van der Waals surface area contributed by atoms with Crippen LogP contribution in [0, 0.1) is 13.8 Å². The molecule has 0 bridgehead atoms. The first kappa shape index (κ1) is 25.6. The quantitative estimate of drug-likeness (QED) is 0.184. The fraction of sp³-hybridized carbons (Fsp3) is 0.105. The molecule has 204 valence electrons. The molecule has 41 heavy (non-hydrogen) atoms. The van der Waals surface area contributed by atoms with Gasteiger partial charge in [0, 0.05) is 34.1 Å². The zero-order valence-corrected chi connectivity index (χ0v) is 24.7. The van der Waals surface area contributed by atoms with Gasteiger partial charge in [-0.25, -0.2) is 0 Å². The summed E-state index contributed by atoms with van der Waals surface area (Å²) in [7, 11) is -0.417. The number of aryl methyl sites for hydroxylation is 2. The van der Waals surface area contributed by atoms with Crippen LogP contribution in [0.3, 0.4) is 0 Å². The van der Waals surface area contributed by atoms with Crippen LogP contribution in [0.15, 0.2) is 151 Å². The molecule has 0 aromatic heterocycles. The summed E-state index contributed by atoms with van der Waals surface area (Å²) in [4.78, 5) is 4.71. The second kappa shape index (κ2) is 12.9. The van der Waals surface area contributed by atoms with Gasteiger partial charge in [-0.2, -0.15) is 9.79 Å². The van der Waals surface area contributed by atoms with E-state index in [1.807, 2.05) is 0 Å². The summed E-state index contributed by atoms with van der Waals surface area (Å²) in [5.74, 6) is 0. The molecule has 0 aliphatic heterocycles. The van der Waals surface area contributed by atoms with E-state index in [0.717, 1.165) is 24.2 Å². The molecule has 3 heteroatoms. The fourth-order valence-electron chi connectivity index (χ4n) is 5.49. The van der Waals surface area contributed by atoms with Crippen molar-refractivity contribution in [3.63, 3.8) is 0 Å². The lowest BCUT2D eigenvalue weighted by Crippen LogP contribution is -2.17. The van der Waals surface area contributed by atoms with E-state index in [0.29, 0.717) is 0 Å². The zero-order valence-electron chi connectivity index (χ0n) is 25.7. The van der Waals surface area contributed by atoms with Gasteiger partial charge in [0.05, 0.1) is 2.56 Å². The van der Waals surface area contributed by atoms with Gasteiger partial charge >= 0.3 is 0 Å². The van der Waals surface area contributed by atoms with Crippen molar-refractivity contribution in [3.05, 3.63) is 168 Å². The smallest absolute Gasteiger partial charge is 0.0511 e. The lowest BCUT2D eigenvalue weighted by molar-refractivity contribution is 0.929. The molecular formula is C38H37N2P. The topological polar surface area (TPSA) is 6.48 Å². The molecule has 5 aromatic carbocycles. The van der Waals surface area contributed by atoms with Crippen LogP contribution in [-0.2, 0) is 0 Å². The molecule has 0 radical (unpaired) electrons. The van der Waals surface area contributed by atoms with Crippen LogP contribution < -0.4 is 9.80 Å². The normalized spacial score (nSPS) is 13.3. The minimum atomic E-state index is -0.417. The second-order valence-electron chi connectivity index (χ2n) is 10.4. The first-order valence-corrected chi connectivity index (χ1v) is 14.0. The molecule has 0 heterocycles. The zero-order chi connectivity index (χ0) is 30.0. The average molecular weight is 556 g/mol. The molecule has 1 aliphatic rings. The maximum Gasteiger partial charge on any atom is 0.0511 e. The summed E-state index contributed by atoms with van der Waals surface area (Å²) < 4.78 is 11.8. The van der Waals surface area contributed by atoms with Gasteiger partial charge in [-0.05, 0) is 116 Å². The largest absolute Gasteiger partial charge is 0.314 e. The van der Waals surface area contributed by atoms with Crippen molar-refractivity contribution in [1.82, 2.24) is 0 Å². The van der Waals surface area contributed by atoms with Gasteiger partial charge in [0.25, 0.3) is 0 Å². The monoisotopic (exact) mass is 555 g/mol. The van der Waals surface area contributed by atoms with Gasteiger partial charge in [0.1, 0.15) is 0 Å². The molecule has 0 spiro atoms. The molecule has 1 atom stereocenters. The van der Waals surface area contributed by atoms with Crippen LogP contribution in [0.25, 0.3) is 5.57 Å². The van der Waals surface area contributed by atoms with Crippen molar-refractivity contribution in [3.8, 4) is 0 Å². The molecule has 0 amide bonds.